The normalized spacial score (nSPS) is 18.2. The lowest BCUT2D eigenvalue weighted by molar-refractivity contribution is -0.143. The van der Waals surface area contributed by atoms with Gasteiger partial charge in [0.15, 0.2) is 0 Å². The third kappa shape index (κ3) is 5.63. The molecule has 2 N–H and O–H groups in total. The number of hydrogen-bond donors (Lipinski definition) is 2. The highest BCUT2D eigenvalue weighted by molar-refractivity contribution is 5.70. The van der Waals surface area contributed by atoms with Crippen molar-refractivity contribution in [2.45, 2.75) is 38.5 Å². The Bertz CT molecular complexity index is 1020. The summed E-state index contributed by atoms with van der Waals surface area (Å²) < 4.78 is 5.20. The number of nitrogens with zero attached hydrogens (tertiary/aromatic N) is 2. The minimum Gasteiger partial charge on any atom is -0.497 e. The van der Waals surface area contributed by atoms with E-state index in [1.165, 1.54) is 5.56 Å². The van der Waals surface area contributed by atoms with Crippen molar-refractivity contribution in [1.29, 1.82) is 0 Å². The maximum absolute atomic E-state index is 11.3. The first-order valence-corrected chi connectivity index (χ1v) is 11.2. The average Bonchev–Trinajstić information content (AvgIpc) is 2.84. The van der Waals surface area contributed by atoms with E-state index >= 15 is 0 Å². The second-order valence-corrected chi connectivity index (χ2v) is 8.45. The molecule has 0 radical (unpaired) electrons. The van der Waals surface area contributed by atoms with Crippen LogP contribution in [0.1, 0.15) is 37.7 Å². The Balaban J connectivity index is 1.30. The molecule has 1 heterocycles. The average molecular weight is 432 g/mol. The smallest absolute Gasteiger partial charge is 0.306 e. The maximum atomic E-state index is 11.3. The minimum atomic E-state index is -0.635. The number of hydrogen-bond acceptors (Lipinski definition) is 5. The van der Waals surface area contributed by atoms with Crippen LogP contribution in [0.4, 0.5) is 11.6 Å². The van der Waals surface area contributed by atoms with Crippen molar-refractivity contribution in [2.24, 2.45) is 11.8 Å². The van der Waals surface area contributed by atoms with Crippen molar-refractivity contribution in [1.82, 2.24) is 9.97 Å². The van der Waals surface area contributed by atoms with Crippen molar-refractivity contribution < 1.29 is 14.6 Å². The maximum Gasteiger partial charge on any atom is 0.306 e. The monoisotopic (exact) mass is 431 g/mol. The van der Waals surface area contributed by atoms with Crippen LogP contribution >= 0.6 is 0 Å². The molecular weight excluding hydrogens is 402 g/mol. The largest absolute Gasteiger partial charge is 0.497 e. The lowest BCUT2D eigenvalue weighted by Gasteiger charge is -2.26. The number of ether oxygens (including phenoxy) is 1. The van der Waals surface area contributed by atoms with Gasteiger partial charge in [-0.25, -0.2) is 9.97 Å². The second kappa shape index (κ2) is 10.3. The van der Waals surface area contributed by atoms with Crippen LogP contribution in [0.3, 0.4) is 0 Å². The lowest BCUT2D eigenvalue weighted by atomic mass is 9.79. The van der Waals surface area contributed by atoms with E-state index in [9.17, 15) is 9.90 Å². The van der Waals surface area contributed by atoms with Crippen LogP contribution in [0.2, 0.25) is 0 Å². The number of aliphatic carboxylic acids is 1. The standard InChI is InChI=1S/C26H29N3O3/c1-32-24-13-9-20(10-14-24)22-16-27-26(28-17-22)29-23-11-7-18(8-12-23)5-6-19-3-2-4-21(15-19)25(30)31/h7-14,16-17,19,21H,2-6,15H2,1H3,(H,30,31)(H,27,28,29)/t19?,21-/m1/s1. The summed E-state index contributed by atoms with van der Waals surface area (Å²) in [6, 6.07) is 16.1. The van der Waals surface area contributed by atoms with Gasteiger partial charge in [0.2, 0.25) is 5.95 Å². The van der Waals surface area contributed by atoms with Crippen LogP contribution in [-0.4, -0.2) is 28.2 Å². The fourth-order valence-corrected chi connectivity index (χ4v) is 4.36. The third-order valence-electron chi connectivity index (χ3n) is 6.26. The number of rotatable bonds is 8. The number of carboxylic acids is 1. The van der Waals surface area contributed by atoms with E-state index in [1.807, 2.05) is 36.4 Å². The Morgan fingerprint density at radius 1 is 1.03 bits per heavy atom. The number of aromatic nitrogens is 2. The molecule has 2 aromatic carbocycles. The summed E-state index contributed by atoms with van der Waals surface area (Å²) >= 11 is 0. The molecule has 0 saturated heterocycles. The molecule has 6 heteroatoms. The van der Waals surface area contributed by atoms with E-state index in [-0.39, 0.29) is 5.92 Å². The molecule has 1 aliphatic carbocycles. The van der Waals surface area contributed by atoms with E-state index in [1.54, 1.807) is 19.5 Å². The molecule has 1 aromatic heterocycles. The van der Waals surface area contributed by atoms with Gasteiger partial charge in [-0.05, 0) is 67.0 Å². The summed E-state index contributed by atoms with van der Waals surface area (Å²) in [5.41, 5.74) is 4.19. The molecule has 2 atom stereocenters. The number of benzene rings is 2. The summed E-state index contributed by atoms with van der Waals surface area (Å²) in [6.45, 7) is 0. The van der Waals surface area contributed by atoms with Crippen molar-refractivity contribution in [3.63, 3.8) is 0 Å². The van der Waals surface area contributed by atoms with E-state index in [0.29, 0.717) is 11.9 Å². The van der Waals surface area contributed by atoms with Gasteiger partial charge in [0.05, 0.1) is 13.0 Å². The SMILES string of the molecule is COc1ccc(-c2cnc(Nc3ccc(CCC4CCC[C@@H](C(=O)O)C4)cc3)nc2)cc1. The van der Waals surface area contributed by atoms with Crippen LogP contribution in [0, 0.1) is 11.8 Å². The van der Waals surface area contributed by atoms with Crippen LogP contribution in [-0.2, 0) is 11.2 Å². The summed E-state index contributed by atoms with van der Waals surface area (Å²) in [7, 11) is 1.65. The van der Waals surface area contributed by atoms with Gasteiger partial charge in [0, 0.05) is 23.6 Å². The Morgan fingerprint density at radius 3 is 2.41 bits per heavy atom. The summed E-state index contributed by atoms with van der Waals surface area (Å²) in [5, 5.41) is 12.5. The van der Waals surface area contributed by atoms with E-state index in [4.69, 9.17) is 4.74 Å². The highest BCUT2D eigenvalue weighted by Gasteiger charge is 2.26. The zero-order chi connectivity index (χ0) is 22.3. The number of aryl methyl sites for hydroxylation is 1. The van der Waals surface area contributed by atoms with Gasteiger partial charge >= 0.3 is 5.97 Å². The number of carboxylic acid groups (broad SMARTS) is 1. The Morgan fingerprint density at radius 2 is 1.75 bits per heavy atom. The molecule has 3 aromatic rings. The van der Waals surface area contributed by atoms with Gasteiger partial charge in [-0.3, -0.25) is 4.79 Å². The predicted molar refractivity (Wildman–Crippen MR) is 125 cm³/mol. The topological polar surface area (TPSA) is 84.3 Å². The number of methoxy groups -OCH3 is 1. The number of carbonyl (C=O) groups is 1. The Hall–Kier alpha value is -3.41. The zero-order valence-electron chi connectivity index (χ0n) is 18.3. The van der Waals surface area contributed by atoms with Gasteiger partial charge in [-0.1, -0.05) is 37.1 Å². The van der Waals surface area contributed by atoms with Gasteiger partial charge in [-0.15, -0.1) is 0 Å². The molecule has 4 rings (SSSR count). The highest BCUT2D eigenvalue weighted by Crippen LogP contribution is 2.32. The van der Waals surface area contributed by atoms with Crippen molar-refractivity contribution >= 4 is 17.6 Å². The van der Waals surface area contributed by atoms with Gasteiger partial charge < -0.3 is 15.2 Å². The molecule has 1 saturated carbocycles. The van der Waals surface area contributed by atoms with Crippen molar-refractivity contribution in [2.75, 3.05) is 12.4 Å². The van der Waals surface area contributed by atoms with Crippen LogP contribution in [0.25, 0.3) is 11.1 Å². The molecule has 0 spiro atoms. The van der Waals surface area contributed by atoms with Gasteiger partial charge in [0.25, 0.3) is 0 Å². The molecule has 0 aliphatic heterocycles. The first-order chi connectivity index (χ1) is 15.6. The lowest BCUT2D eigenvalue weighted by Crippen LogP contribution is -2.22. The quantitative estimate of drug-likeness (QED) is 0.475. The molecule has 1 aliphatic rings. The molecular formula is C26H29N3O3. The Kier molecular flexibility index (Phi) is 7.00. The van der Waals surface area contributed by atoms with Crippen LogP contribution in [0.15, 0.2) is 60.9 Å². The van der Waals surface area contributed by atoms with E-state index in [2.05, 4.69) is 27.4 Å². The first-order valence-electron chi connectivity index (χ1n) is 11.2. The second-order valence-electron chi connectivity index (χ2n) is 8.45. The summed E-state index contributed by atoms with van der Waals surface area (Å²) in [6.07, 6.45) is 9.46. The predicted octanol–water partition coefficient (Wildman–Crippen LogP) is 5.72. The third-order valence-corrected chi connectivity index (χ3v) is 6.26. The Labute approximate surface area is 188 Å². The van der Waals surface area contributed by atoms with Gasteiger partial charge in [-0.2, -0.15) is 0 Å². The first kappa shape index (κ1) is 21.8. The molecule has 6 nitrogen and oxygen atoms in total. The summed E-state index contributed by atoms with van der Waals surface area (Å²) in [5.74, 6) is 1.10. The molecule has 1 unspecified atom stereocenters. The molecule has 166 valence electrons. The fourth-order valence-electron chi connectivity index (χ4n) is 4.36. The molecule has 0 amide bonds. The van der Waals surface area contributed by atoms with Gasteiger partial charge in [0.1, 0.15) is 5.75 Å². The fraction of sp³-hybridized carbons (Fsp3) is 0.346. The van der Waals surface area contributed by atoms with Crippen LogP contribution < -0.4 is 10.1 Å². The zero-order valence-corrected chi connectivity index (χ0v) is 18.3. The number of nitrogens with one attached hydrogen (secondary N) is 1. The van der Waals surface area contributed by atoms with E-state index < -0.39 is 5.97 Å². The number of anilines is 2. The van der Waals surface area contributed by atoms with Crippen LogP contribution in [0.5, 0.6) is 5.75 Å². The highest BCUT2D eigenvalue weighted by atomic mass is 16.5. The minimum absolute atomic E-state index is 0.156. The van der Waals surface area contributed by atoms with Crippen molar-refractivity contribution in [3.05, 3.63) is 66.5 Å². The molecule has 0 bridgehead atoms. The van der Waals surface area contributed by atoms with Crippen molar-refractivity contribution in [3.8, 4) is 16.9 Å². The van der Waals surface area contributed by atoms with E-state index in [0.717, 1.165) is 61.1 Å². The molecule has 1 fully saturated rings. The summed E-state index contributed by atoms with van der Waals surface area (Å²) in [4.78, 5) is 20.1. The molecule has 32 heavy (non-hydrogen) atoms.